The smallest absolute Gasteiger partial charge is 0.224 e. The fraction of sp³-hybridized carbons (Fsp3) is 0.667. The average molecular weight is 237 g/mol. The van der Waals surface area contributed by atoms with Crippen LogP contribution in [0.1, 0.15) is 6.92 Å². The monoisotopic (exact) mass is 236 g/mol. The molecule has 2 N–H and O–H groups in total. The van der Waals surface area contributed by atoms with Crippen LogP contribution >= 0.6 is 23.2 Å². The van der Waals surface area contributed by atoms with Crippen molar-refractivity contribution in [2.45, 2.75) is 6.92 Å². The van der Waals surface area contributed by atoms with Gasteiger partial charge in [-0.05, 0) is 18.5 Å². The standard InChI is InChI=1S/C9H14Cl2N2O/c1-6-4-12-5-7(6)9(14)13-3-2-8(10)11/h2,6-7,12H,3-5H2,1H3,(H,13,14). The van der Waals surface area contributed by atoms with E-state index >= 15 is 0 Å². The Morgan fingerprint density at radius 1 is 1.57 bits per heavy atom. The highest BCUT2D eigenvalue weighted by atomic mass is 35.5. The van der Waals surface area contributed by atoms with Crippen molar-refractivity contribution >= 4 is 29.1 Å². The van der Waals surface area contributed by atoms with Gasteiger partial charge in [-0.15, -0.1) is 0 Å². The van der Waals surface area contributed by atoms with Gasteiger partial charge >= 0.3 is 0 Å². The third-order valence-corrected chi connectivity index (χ3v) is 2.70. The van der Waals surface area contributed by atoms with Gasteiger partial charge in [0, 0.05) is 13.1 Å². The second-order valence-corrected chi connectivity index (χ2v) is 4.49. The zero-order valence-corrected chi connectivity index (χ0v) is 9.53. The Morgan fingerprint density at radius 2 is 2.29 bits per heavy atom. The van der Waals surface area contributed by atoms with Crippen molar-refractivity contribution in [1.82, 2.24) is 10.6 Å². The van der Waals surface area contributed by atoms with Crippen LogP contribution in [0.15, 0.2) is 10.6 Å². The molecule has 2 atom stereocenters. The first kappa shape index (κ1) is 11.8. The van der Waals surface area contributed by atoms with E-state index < -0.39 is 0 Å². The van der Waals surface area contributed by atoms with E-state index in [1.165, 1.54) is 0 Å². The summed E-state index contributed by atoms with van der Waals surface area (Å²) in [7, 11) is 0. The van der Waals surface area contributed by atoms with Crippen LogP contribution < -0.4 is 10.6 Å². The average Bonchev–Trinajstić information content (AvgIpc) is 2.50. The largest absolute Gasteiger partial charge is 0.352 e. The molecule has 0 aromatic heterocycles. The topological polar surface area (TPSA) is 41.1 Å². The van der Waals surface area contributed by atoms with Gasteiger partial charge in [-0.3, -0.25) is 4.79 Å². The minimum atomic E-state index is 0.0633. The summed E-state index contributed by atoms with van der Waals surface area (Å²) in [4.78, 5) is 11.6. The number of carbonyl (C=O) groups excluding carboxylic acids is 1. The van der Waals surface area contributed by atoms with Gasteiger partial charge in [-0.2, -0.15) is 0 Å². The second-order valence-electron chi connectivity index (χ2n) is 3.48. The maximum absolute atomic E-state index is 11.6. The van der Waals surface area contributed by atoms with E-state index in [-0.39, 0.29) is 16.3 Å². The highest BCUT2D eigenvalue weighted by Crippen LogP contribution is 2.15. The van der Waals surface area contributed by atoms with Crippen molar-refractivity contribution in [2.75, 3.05) is 19.6 Å². The molecule has 1 saturated heterocycles. The number of hydrogen-bond acceptors (Lipinski definition) is 2. The lowest BCUT2D eigenvalue weighted by Gasteiger charge is -2.12. The van der Waals surface area contributed by atoms with Crippen molar-refractivity contribution in [1.29, 1.82) is 0 Å². The van der Waals surface area contributed by atoms with Crippen molar-refractivity contribution in [3.05, 3.63) is 10.6 Å². The van der Waals surface area contributed by atoms with E-state index in [0.29, 0.717) is 12.5 Å². The van der Waals surface area contributed by atoms with Gasteiger partial charge in [-0.25, -0.2) is 0 Å². The Hall–Kier alpha value is -0.250. The fourth-order valence-electron chi connectivity index (χ4n) is 1.52. The molecule has 0 radical (unpaired) electrons. The van der Waals surface area contributed by atoms with Crippen LogP contribution in [-0.4, -0.2) is 25.5 Å². The van der Waals surface area contributed by atoms with Gasteiger partial charge < -0.3 is 10.6 Å². The Kier molecular flexibility index (Phi) is 4.72. The minimum absolute atomic E-state index is 0.0633. The molecule has 0 aromatic carbocycles. The SMILES string of the molecule is CC1CNCC1C(=O)NCC=C(Cl)Cl. The summed E-state index contributed by atoms with van der Waals surface area (Å²) in [5, 5.41) is 5.94. The summed E-state index contributed by atoms with van der Waals surface area (Å²) >= 11 is 10.8. The van der Waals surface area contributed by atoms with Crippen LogP contribution in [-0.2, 0) is 4.79 Å². The first-order chi connectivity index (χ1) is 6.61. The number of amides is 1. The van der Waals surface area contributed by atoms with E-state index in [2.05, 4.69) is 17.6 Å². The maximum atomic E-state index is 11.6. The normalized spacial score (nSPS) is 25.9. The molecule has 0 spiro atoms. The summed E-state index contributed by atoms with van der Waals surface area (Å²) in [6.07, 6.45) is 1.56. The van der Waals surface area contributed by atoms with Crippen LogP contribution in [0.2, 0.25) is 0 Å². The molecule has 1 aliphatic heterocycles. The molecule has 1 heterocycles. The van der Waals surface area contributed by atoms with Crippen molar-refractivity contribution in [3.63, 3.8) is 0 Å². The molecular weight excluding hydrogens is 223 g/mol. The highest BCUT2D eigenvalue weighted by Gasteiger charge is 2.28. The van der Waals surface area contributed by atoms with Gasteiger partial charge in [-0.1, -0.05) is 30.1 Å². The van der Waals surface area contributed by atoms with Gasteiger partial charge in [0.1, 0.15) is 4.49 Å². The first-order valence-electron chi connectivity index (χ1n) is 4.61. The van der Waals surface area contributed by atoms with Crippen molar-refractivity contribution < 1.29 is 4.79 Å². The molecule has 1 fully saturated rings. The third-order valence-electron chi connectivity index (χ3n) is 2.39. The lowest BCUT2D eigenvalue weighted by Crippen LogP contribution is -2.34. The molecule has 0 saturated carbocycles. The molecule has 0 aromatic rings. The Bertz CT molecular complexity index is 239. The Balaban J connectivity index is 2.31. The molecule has 1 aliphatic rings. The molecule has 1 amide bonds. The van der Waals surface area contributed by atoms with E-state index in [0.717, 1.165) is 13.1 Å². The van der Waals surface area contributed by atoms with Crippen molar-refractivity contribution in [3.8, 4) is 0 Å². The molecule has 1 rings (SSSR count). The van der Waals surface area contributed by atoms with E-state index in [4.69, 9.17) is 23.2 Å². The summed E-state index contributed by atoms with van der Waals surface area (Å²) in [6, 6.07) is 0. The van der Waals surface area contributed by atoms with Crippen LogP contribution in [0.4, 0.5) is 0 Å². The fourth-order valence-corrected chi connectivity index (χ4v) is 1.68. The van der Waals surface area contributed by atoms with Gasteiger partial charge in [0.2, 0.25) is 5.91 Å². The maximum Gasteiger partial charge on any atom is 0.224 e. The predicted molar refractivity (Wildman–Crippen MR) is 58.3 cm³/mol. The van der Waals surface area contributed by atoms with Crippen LogP contribution in [0, 0.1) is 11.8 Å². The van der Waals surface area contributed by atoms with Gasteiger partial charge in [0.15, 0.2) is 0 Å². The summed E-state index contributed by atoms with van der Waals surface area (Å²) in [5.74, 6) is 0.524. The molecule has 14 heavy (non-hydrogen) atoms. The van der Waals surface area contributed by atoms with Crippen molar-refractivity contribution in [2.24, 2.45) is 11.8 Å². The minimum Gasteiger partial charge on any atom is -0.352 e. The predicted octanol–water partition coefficient (Wildman–Crippen LogP) is 1.28. The van der Waals surface area contributed by atoms with E-state index in [9.17, 15) is 4.79 Å². The molecule has 80 valence electrons. The first-order valence-corrected chi connectivity index (χ1v) is 5.36. The quantitative estimate of drug-likeness (QED) is 0.776. The second kappa shape index (κ2) is 5.59. The molecular formula is C9H14Cl2N2O. The van der Waals surface area contributed by atoms with Crippen LogP contribution in [0.25, 0.3) is 0 Å². The number of hydrogen-bond donors (Lipinski definition) is 2. The summed E-state index contributed by atoms with van der Waals surface area (Å²) in [6.45, 7) is 4.12. The Morgan fingerprint density at radius 3 is 2.79 bits per heavy atom. The van der Waals surface area contributed by atoms with Crippen LogP contribution in [0.3, 0.4) is 0 Å². The summed E-state index contributed by atoms with van der Waals surface area (Å²) in [5.41, 5.74) is 0. The number of nitrogens with one attached hydrogen (secondary N) is 2. The number of rotatable bonds is 3. The third kappa shape index (κ3) is 3.48. The zero-order chi connectivity index (χ0) is 10.6. The number of halogens is 2. The molecule has 5 heteroatoms. The lowest BCUT2D eigenvalue weighted by molar-refractivity contribution is -0.125. The Labute approximate surface area is 93.8 Å². The van der Waals surface area contributed by atoms with E-state index in [1.807, 2.05) is 0 Å². The molecule has 0 aliphatic carbocycles. The molecule has 0 bridgehead atoms. The zero-order valence-electron chi connectivity index (χ0n) is 8.02. The van der Waals surface area contributed by atoms with Gasteiger partial charge in [0.25, 0.3) is 0 Å². The molecule has 3 nitrogen and oxygen atoms in total. The summed E-state index contributed by atoms with van der Waals surface area (Å²) < 4.78 is 0.183. The van der Waals surface area contributed by atoms with E-state index in [1.54, 1.807) is 6.08 Å². The molecule has 2 unspecified atom stereocenters. The van der Waals surface area contributed by atoms with Gasteiger partial charge in [0.05, 0.1) is 5.92 Å². The highest BCUT2D eigenvalue weighted by molar-refractivity contribution is 6.55. The lowest BCUT2D eigenvalue weighted by atomic mass is 9.97. The number of carbonyl (C=O) groups is 1. The van der Waals surface area contributed by atoms with Crippen LogP contribution in [0.5, 0.6) is 0 Å².